The number of hydrogen-bond donors (Lipinski definition) is 0. The van der Waals surface area contributed by atoms with Gasteiger partial charge >= 0.3 is 0 Å². The molecule has 0 spiro atoms. The molecule has 3 nitrogen and oxygen atoms in total. The number of hydrogen-bond acceptors (Lipinski definition) is 3. The van der Waals surface area contributed by atoms with Gasteiger partial charge in [-0.2, -0.15) is 0 Å². The van der Waals surface area contributed by atoms with Gasteiger partial charge in [0, 0.05) is 32.9 Å². The van der Waals surface area contributed by atoms with Gasteiger partial charge in [-0.3, -0.25) is 0 Å². The summed E-state index contributed by atoms with van der Waals surface area (Å²) in [4.78, 5) is 10.5. The summed E-state index contributed by atoms with van der Waals surface area (Å²) in [6.45, 7) is 2.38. The summed E-state index contributed by atoms with van der Waals surface area (Å²) in [7, 11) is 0. The van der Waals surface area contributed by atoms with Crippen molar-refractivity contribution in [1.82, 2.24) is 9.97 Å². The maximum atomic E-state index is 6.14. The van der Waals surface area contributed by atoms with Crippen molar-refractivity contribution in [1.29, 1.82) is 0 Å². The van der Waals surface area contributed by atoms with Crippen LogP contribution in [0.15, 0.2) is 205 Å². The van der Waals surface area contributed by atoms with Crippen molar-refractivity contribution in [3.63, 3.8) is 0 Å². The Bertz CT molecular complexity index is 3130. The fourth-order valence-electron chi connectivity index (χ4n) is 8.90. The van der Waals surface area contributed by atoms with Crippen LogP contribution in [-0.4, -0.2) is 9.97 Å². The summed E-state index contributed by atoms with van der Waals surface area (Å²) in [5, 5.41) is 2.23. The van der Waals surface area contributed by atoms with Crippen molar-refractivity contribution in [3.05, 3.63) is 217 Å². The van der Waals surface area contributed by atoms with Crippen molar-refractivity contribution in [2.24, 2.45) is 0 Å². The lowest BCUT2D eigenvalue weighted by Gasteiger charge is -2.28. The predicted octanol–water partition coefficient (Wildman–Crippen LogP) is 14.0. The monoisotopic (exact) mass is 728 g/mol. The van der Waals surface area contributed by atoms with E-state index in [2.05, 4.69) is 177 Å². The fourth-order valence-corrected chi connectivity index (χ4v) is 8.90. The standard InChI is InChI=1S/C54H36N2O/c1-54(41-21-9-4-10-22-41)46-25-14-24-42(35-15-5-2-6-16-35)52(46)44-29-27-40(33-47(44)54)49-34-48(55-53(56-49)36-17-7-3-8-18-36)39-20-13-19-37(31-39)38-28-30-51-45(32-38)43-23-11-12-26-50(43)57-51/h2-34H,1H3. The Kier molecular flexibility index (Phi) is 7.61. The molecule has 2 aromatic heterocycles. The van der Waals surface area contributed by atoms with Gasteiger partial charge in [0.25, 0.3) is 0 Å². The molecule has 0 saturated carbocycles. The summed E-state index contributed by atoms with van der Waals surface area (Å²) in [5.74, 6) is 0.695. The number of furan rings is 1. The molecule has 10 aromatic rings. The van der Waals surface area contributed by atoms with Gasteiger partial charge in [-0.15, -0.1) is 0 Å². The molecule has 1 aliphatic rings. The van der Waals surface area contributed by atoms with Crippen LogP contribution >= 0.6 is 0 Å². The van der Waals surface area contributed by atoms with Gasteiger partial charge in [-0.05, 0) is 93.4 Å². The first-order valence-corrected chi connectivity index (χ1v) is 19.5. The molecule has 1 atom stereocenters. The molecule has 57 heavy (non-hydrogen) atoms. The molecule has 0 bridgehead atoms. The highest BCUT2D eigenvalue weighted by atomic mass is 16.3. The lowest BCUT2D eigenvalue weighted by Crippen LogP contribution is -2.22. The molecule has 0 aliphatic heterocycles. The Labute approximate surface area is 331 Å². The van der Waals surface area contributed by atoms with E-state index in [1.807, 2.05) is 30.3 Å². The minimum Gasteiger partial charge on any atom is -0.456 e. The number of fused-ring (bicyclic) bond motifs is 6. The topological polar surface area (TPSA) is 38.9 Å². The summed E-state index contributed by atoms with van der Waals surface area (Å²) in [6, 6.07) is 71.1. The Hall–Kier alpha value is -7.36. The van der Waals surface area contributed by atoms with E-state index in [0.717, 1.165) is 61.1 Å². The highest BCUT2D eigenvalue weighted by Crippen LogP contribution is 2.55. The average molecular weight is 729 g/mol. The smallest absolute Gasteiger partial charge is 0.160 e. The van der Waals surface area contributed by atoms with E-state index < -0.39 is 0 Å². The van der Waals surface area contributed by atoms with Crippen LogP contribution in [0.4, 0.5) is 0 Å². The van der Waals surface area contributed by atoms with Crippen molar-refractivity contribution < 1.29 is 4.42 Å². The van der Waals surface area contributed by atoms with Crippen LogP contribution in [0.1, 0.15) is 23.6 Å². The summed E-state index contributed by atoms with van der Waals surface area (Å²) in [5.41, 5.74) is 17.3. The van der Waals surface area contributed by atoms with E-state index in [1.165, 1.54) is 38.9 Å². The molecule has 8 aromatic carbocycles. The first-order chi connectivity index (χ1) is 28.1. The van der Waals surface area contributed by atoms with Crippen molar-refractivity contribution >= 4 is 21.9 Å². The Balaban J connectivity index is 1.08. The molecule has 3 heteroatoms. The maximum Gasteiger partial charge on any atom is 0.160 e. The van der Waals surface area contributed by atoms with Crippen LogP contribution in [0.25, 0.3) is 89.2 Å². The molecule has 0 saturated heterocycles. The highest BCUT2D eigenvalue weighted by molar-refractivity contribution is 6.06. The van der Waals surface area contributed by atoms with Gasteiger partial charge in [0.1, 0.15) is 11.2 Å². The van der Waals surface area contributed by atoms with E-state index in [1.54, 1.807) is 0 Å². The quantitative estimate of drug-likeness (QED) is 0.171. The zero-order valence-electron chi connectivity index (χ0n) is 31.4. The molecule has 0 fully saturated rings. The Morgan fingerprint density at radius 3 is 1.77 bits per heavy atom. The minimum atomic E-state index is -0.374. The third kappa shape index (κ3) is 5.43. The van der Waals surface area contributed by atoms with Crippen LogP contribution in [0.2, 0.25) is 0 Å². The van der Waals surface area contributed by atoms with Crippen LogP contribution in [-0.2, 0) is 5.41 Å². The normalized spacial score (nSPS) is 14.5. The summed E-state index contributed by atoms with van der Waals surface area (Å²) >= 11 is 0. The number of benzene rings is 8. The molecule has 1 unspecified atom stereocenters. The zero-order chi connectivity index (χ0) is 37.9. The molecule has 0 N–H and O–H groups in total. The minimum absolute atomic E-state index is 0.374. The van der Waals surface area contributed by atoms with E-state index in [-0.39, 0.29) is 5.41 Å². The molecular formula is C54H36N2O. The van der Waals surface area contributed by atoms with Crippen LogP contribution in [0.3, 0.4) is 0 Å². The lowest BCUT2D eigenvalue weighted by molar-refractivity contribution is 0.669. The van der Waals surface area contributed by atoms with Gasteiger partial charge in [0.05, 0.1) is 11.4 Å². The highest BCUT2D eigenvalue weighted by Gasteiger charge is 2.42. The maximum absolute atomic E-state index is 6.14. The van der Waals surface area contributed by atoms with Crippen molar-refractivity contribution in [2.75, 3.05) is 0 Å². The number of aromatic nitrogens is 2. The Morgan fingerprint density at radius 1 is 0.386 bits per heavy atom. The SMILES string of the molecule is CC1(c2ccccc2)c2cc(-c3cc(-c4cccc(-c5ccc6oc7ccccc7c6c5)c4)nc(-c4ccccc4)n3)ccc2-c2c(-c3ccccc3)cccc21. The number of para-hydroxylation sites is 1. The van der Waals surface area contributed by atoms with Gasteiger partial charge in [-0.1, -0.05) is 164 Å². The molecule has 268 valence electrons. The summed E-state index contributed by atoms with van der Waals surface area (Å²) in [6.07, 6.45) is 0. The van der Waals surface area contributed by atoms with E-state index >= 15 is 0 Å². The van der Waals surface area contributed by atoms with Crippen LogP contribution < -0.4 is 0 Å². The molecule has 1 aliphatic carbocycles. The first kappa shape index (κ1) is 33.0. The second-order valence-electron chi connectivity index (χ2n) is 15.1. The lowest BCUT2D eigenvalue weighted by atomic mass is 9.73. The van der Waals surface area contributed by atoms with Gasteiger partial charge in [0.2, 0.25) is 0 Å². The van der Waals surface area contributed by atoms with Crippen LogP contribution in [0.5, 0.6) is 0 Å². The largest absolute Gasteiger partial charge is 0.456 e. The van der Waals surface area contributed by atoms with E-state index in [0.29, 0.717) is 5.82 Å². The van der Waals surface area contributed by atoms with Crippen LogP contribution in [0, 0.1) is 0 Å². The third-order valence-corrected chi connectivity index (χ3v) is 11.8. The van der Waals surface area contributed by atoms with Gasteiger partial charge < -0.3 is 4.42 Å². The fraction of sp³-hybridized carbons (Fsp3) is 0.0370. The third-order valence-electron chi connectivity index (χ3n) is 11.8. The Morgan fingerprint density at radius 2 is 0.982 bits per heavy atom. The van der Waals surface area contributed by atoms with E-state index in [4.69, 9.17) is 14.4 Å². The second-order valence-corrected chi connectivity index (χ2v) is 15.1. The average Bonchev–Trinajstić information content (AvgIpc) is 3.79. The van der Waals surface area contributed by atoms with Crippen molar-refractivity contribution in [3.8, 4) is 67.3 Å². The van der Waals surface area contributed by atoms with Crippen molar-refractivity contribution in [2.45, 2.75) is 12.3 Å². The molecule has 2 heterocycles. The zero-order valence-corrected chi connectivity index (χ0v) is 31.4. The van der Waals surface area contributed by atoms with Gasteiger partial charge in [-0.25, -0.2) is 9.97 Å². The van der Waals surface area contributed by atoms with E-state index in [9.17, 15) is 0 Å². The molecule has 0 radical (unpaired) electrons. The number of rotatable bonds is 6. The van der Waals surface area contributed by atoms with Gasteiger partial charge in [0.15, 0.2) is 5.82 Å². The molecular weight excluding hydrogens is 693 g/mol. The first-order valence-electron chi connectivity index (χ1n) is 19.5. The second kappa shape index (κ2) is 13.1. The number of nitrogens with zero attached hydrogens (tertiary/aromatic N) is 2. The molecule has 0 amide bonds. The predicted molar refractivity (Wildman–Crippen MR) is 234 cm³/mol. The summed E-state index contributed by atoms with van der Waals surface area (Å²) < 4.78 is 6.14. The molecule has 11 rings (SSSR count).